The minimum Gasteiger partial charge on any atom is -0.356 e. The molecule has 2 heterocycles. The number of nitrogens with one attached hydrogen (secondary N) is 1. The van der Waals surface area contributed by atoms with Gasteiger partial charge in [0.05, 0.1) is 18.8 Å². The van der Waals surface area contributed by atoms with E-state index in [0.29, 0.717) is 11.3 Å². The van der Waals surface area contributed by atoms with Gasteiger partial charge in [-0.1, -0.05) is 29.4 Å². The molecule has 0 unspecified atom stereocenters. The van der Waals surface area contributed by atoms with E-state index in [2.05, 4.69) is 15.5 Å². The van der Waals surface area contributed by atoms with Crippen LogP contribution in [-0.4, -0.2) is 20.6 Å². The molecule has 0 saturated heterocycles. The highest BCUT2D eigenvalue weighted by Crippen LogP contribution is 2.20. The van der Waals surface area contributed by atoms with Gasteiger partial charge in [0, 0.05) is 23.5 Å². The number of amides is 1. The van der Waals surface area contributed by atoms with E-state index in [1.807, 2.05) is 66.2 Å². The van der Waals surface area contributed by atoms with Gasteiger partial charge in [-0.25, -0.2) is 4.98 Å². The van der Waals surface area contributed by atoms with Crippen LogP contribution in [0, 0.1) is 0 Å². The molecule has 1 atom stereocenters. The fraction of sp³-hybridized carbons (Fsp3) is 0.150. The Morgan fingerprint density at radius 2 is 2.12 bits per heavy atom. The average molecular weight is 346 g/mol. The number of fused-ring (bicyclic) bond motifs is 1. The highest BCUT2D eigenvalue weighted by atomic mass is 16.5. The van der Waals surface area contributed by atoms with Gasteiger partial charge in [-0.15, -0.1) is 0 Å². The molecule has 6 heteroatoms. The molecular weight excluding hydrogens is 328 g/mol. The van der Waals surface area contributed by atoms with Crippen molar-refractivity contribution in [3.63, 3.8) is 0 Å². The Hall–Kier alpha value is -3.41. The lowest BCUT2D eigenvalue weighted by molar-refractivity contribution is -0.121. The van der Waals surface area contributed by atoms with Crippen molar-refractivity contribution < 1.29 is 9.32 Å². The standard InChI is InChI=1S/C20H18N4O2/c1-14(15-5-4-6-16(11-15)24-10-9-21-13-24)22-20(25)12-18-17-7-2-3-8-19(17)26-23-18/h2-11,13-14H,12H2,1H3,(H,22,25)/t14-/m1/s1. The maximum Gasteiger partial charge on any atom is 0.226 e. The molecule has 1 amide bonds. The third-order valence-corrected chi connectivity index (χ3v) is 4.33. The van der Waals surface area contributed by atoms with Crippen LogP contribution in [0.5, 0.6) is 0 Å². The van der Waals surface area contributed by atoms with Crippen LogP contribution in [0.4, 0.5) is 0 Å². The summed E-state index contributed by atoms with van der Waals surface area (Å²) >= 11 is 0. The first-order chi connectivity index (χ1) is 12.7. The van der Waals surface area contributed by atoms with Gasteiger partial charge in [-0.3, -0.25) is 4.79 Å². The van der Waals surface area contributed by atoms with Crippen LogP contribution in [-0.2, 0) is 11.2 Å². The smallest absolute Gasteiger partial charge is 0.226 e. The highest BCUT2D eigenvalue weighted by Gasteiger charge is 2.15. The van der Waals surface area contributed by atoms with Gasteiger partial charge >= 0.3 is 0 Å². The second-order valence-corrected chi connectivity index (χ2v) is 6.16. The Kier molecular flexibility index (Phi) is 4.23. The number of hydrogen-bond acceptors (Lipinski definition) is 4. The molecule has 2 aromatic heterocycles. The molecule has 0 spiro atoms. The zero-order valence-corrected chi connectivity index (χ0v) is 14.3. The molecule has 0 aliphatic carbocycles. The first-order valence-electron chi connectivity index (χ1n) is 8.41. The predicted octanol–water partition coefficient (Wildman–Crippen LogP) is 3.43. The maximum absolute atomic E-state index is 12.4. The molecule has 2 aromatic carbocycles. The normalized spacial score (nSPS) is 12.2. The molecule has 0 saturated carbocycles. The second kappa shape index (κ2) is 6.84. The van der Waals surface area contributed by atoms with E-state index in [4.69, 9.17) is 4.52 Å². The number of carbonyl (C=O) groups excluding carboxylic acids is 1. The van der Waals surface area contributed by atoms with Crippen LogP contribution in [0.3, 0.4) is 0 Å². The van der Waals surface area contributed by atoms with Crippen LogP contribution in [0.15, 0.2) is 71.8 Å². The van der Waals surface area contributed by atoms with Gasteiger partial charge in [-0.05, 0) is 36.8 Å². The molecule has 4 rings (SSSR count). The number of para-hydroxylation sites is 1. The van der Waals surface area contributed by atoms with Gasteiger partial charge in [0.25, 0.3) is 0 Å². The Morgan fingerprint density at radius 1 is 1.23 bits per heavy atom. The molecule has 0 radical (unpaired) electrons. The molecule has 0 aliphatic heterocycles. The Morgan fingerprint density at radius 3 is 2.96 bits per heavy atom. The summed E-state index contributed by atoms with van der Waals surface area (Å²) in [5.41, 5.74) is 3.37. The minimum atomic E-state index is -0.121. The zero-order chi connectivity index (χ0) is 17.9. The monoisotopic (exact) mass is 346 g/mol. The summed E-state index contributed by atoms with van der Waals surface area (Å²) in [7, 11) is 0. The number of nitrogens with zero attached hydrogens (tertiary/aromatic N) is 3. The van der Waals surface area contributed by atoms with Crippen molar-refractivity contribution in [3.8, 4) is 5.69 Å². The lowest BCUT2D eigenvalue weighted by atomic mass is 10.1. The van der Waals surface area contributed by atoms with Gasteiger partial charge < -0.3 is 14.4 Å². The Bertz CT molecular complexity index is 1040. The predicted molar refractivity (Wildman–Crippen MR) is 97.8 cm³/mol. The van der Waals surface area contributed by atoms with Crippen molar-refractivity contribution in [2.75, 3.05) is 0 Å². The number of benzene rings is 2. The maximum atomic E-state index is 12.4. The summed E-state index contributed by atoms with van der Waals surface area (Å²) in [6.45, 7) is 1.96. The summed E-state index contributed by atoms with van der Waals surface area (Å²) in [6, 6.07) is 15.4. The van der Waals surface area contributed by atoms with Crippen molar-refractivity contribution in [1.82, 2.24) is 20.0 Å². The number of carbonyl (C=O) groups is 1. The van der Waals surface area contributed by atoms with E-state index < -0.39 is 0 Å². The highest BCUT2D eigenvalue weighted by molar-refractivity contribution is 5.86. The lowest BCUT2D eigenvalue weighted by Gasteiger charge is -2.15. The third kappa shape index (κ3) is 3.21. The van der Waals surface area contributed by atoms with E-state index in [1.54, 1.807) is 12.5 Å². The van der Waals surface area contributed by atoms with Gasteiger partial charge in [-0.2, -0.15) is 0 Å². The summed E-state index contributed by atoms with van der Waals surface area (Å²) in [4.78, 5) is 16.5. The van der Waals surface area contributed by atoms with Gasteiger partial charge in [0.15, 0.2) is 5.58 Å². The average Bonchev–Trinajstić information content (AvgIpc) is 3.32. The van der Waals surface area contributed by atoms with Crippen molar-refractivity contribution in [1.29, 1.82) is 0 Å². The van der Waals surface area contributed by atoms with Gasteiger partial charge in [0.1, 0.15) is 5.69 Å². The van der Waals surface area contributed by atoms with Crippen LogP contribution < -0.4 is 5.32 Å². The molecule has 130 valence electrons. The zero-order valence-electron chi connectivity index (χ0n) is 14.3. The molecule has 4 aromatic rings. The minimum absolute atomic E-state index is 0.0930. The number of aromatic nitrogens is 3. The first-order valence-corrected chi connectivity index (χ1v) is 8.41. The molecule has 6 nitrogen and oxygen atoms in total. The van der Waals surface area contributed by atoms with E-state index in [0.717, 1.165) is 16.6 Å². The van der Waals surface area contributed by atoms with E-state index in [-0.39, 0.29) is 18.4 Å². The van der Waals surface area contributed by atoms with E-state index >= 15 is 0 Å². The van der Waals surface area contributed by atoms with Crippen LogP contribution in [0.2, 0.25) is 0 Å². The number of rotatable bonds is 5. The van der Waals surface area contributed by atoms with Crippen LogP contribution in [0.25, 0.3) is 16.7 Å². The largest absolute Gasteiger partial charge is 0.356 e. The Balaban J connectivity index is 1.47. The van der Waals surface area contributed by atoms with Crippen molar-refractivity contribution in [2.45, 2.75) is 19.4 Å². The van der Waals surface area contributed by atoms with Crippen LogP contribution in [0.1, 0.15) is 24.2 Å². The number of imidazole rings is 1. The molecule has 0 aliphatic rings. The van der Waals surface area contributed by atoms with Crippen LogP contribution >= 0.6 is 0 Å². The summed E-state index contributed by atoms with van der Waals surface area (Å²) in [6.07, 6.45) is 5.55. The summed E-state index contributed by atoms with van der Waals surface area (Å²) in [5, 5.41) is 7.92. The van der Waals surface area contributed by atoms with Crippen molar-refractivity contribution in [3.05, 3.63) is 78.5 Å². The molecule has 26 heavy (non-hydrogen) atoms. The molecule has 0 fully saturated rings. The topological polar surface area (TPSA) is 73.0 Å². The third-order valence-electron chi connectivity index (χ3n) is 4.33. The number of hydrogen-bond donors (Lipinski definition) is 1. The fourth-order valence-corrected chi connectivity index (χ4v) is 2.96. The van der Waals surface area contributed by atoms with Crippen molar-refractivity contribution in [2.24, 2.45) is 0 Å². The quantitative estimate of drug-likeness (QED) is 0.601. The SMILES string of the molecule is C[C@@H](NC(=O)Cc1noc2ccccc12)c1cccc(-n2ccnc2)c1. The van der Waals surface area contributed by atoms with E-state index in [1.165, 1.54) is 0 Å². The summed E-state index contributed by atoms with van der Waals surface area (Å²) in [5.74, 6) is -0.0930. The second-order valence-electron chi connectivity index (χ2n) is 6.16. The van der Waals surface area contributed by atoms with Crippen molar-refractivity contribution >= 4 is 16.9 Å². The summed E-state index contributed by atoms with van der Waals surface area (Å²) < 4.78 is 7.19. The molecule has 0 bridgehead atoms. The lowest BCUT2D eigenvalue weighted by Crippen LogP contribution is -2.28. The molecule has 1 N–H and O–H groups in total. The van der Waals surface area contributed by atoms with E-state index in [9.17, 15) is 4.79 Å². The Labute approximate surface area is 150 Å². The first kappa shape index (κ1) is 16.1. The van der Waals surface area contributed by atoms with Gasteiger partial charge in [0.2, 0.25) is 5.91 Å². The fourth-order valence-electron chi connectivity index (χ4n) is 2.96. The molecular formula is C20H18N4O2.